The van der Waals surface area contributed by atoms with Gasteiger partial charge in [0.15, 0.2) is 0 Å². The molecule has 5 heteroatoms. The number of carboxylic acids is 1. The molecular weight excluding hydrogens is 208 g/mol. The third-order valence-corrected chi connectivity index (χ3v) is 3.05. The van der Waals surface area contributed by atoms with Crippen molar-refractivity contribution in [3.63, 3.8) is 0 Å². The van der Waals surface area contributed by atoms with Gasteiger partial charge in [0.2, 0.25) is 5.91 Å². The Morgan fingerprint density at radius 2 is 2.19 bits per heavy atom. The Balaban J connectivity index is 2.26. The summed E-state index contributed by atoms with van der Waals surface area (Å²) in [5, 5.41) is 11.4. The van der Waals surface area contributed by atoms with Gasteiger partial charge in [-0.3, -0.25) is 9.59 Å². The minimum atomic E-state index is -0.919. The van der Waals surface area contributed by atoms with Gasteiger partial charge in [0.25, 0.3) is 0 Å². The molecule has 1 aliphatic carbocycles. The largest absolute Gasteiger partial charge is 0.481 e. The number of carbonyl (C=O) groups excluding carboxylic acids is 1. The summed E-state index contributed by atoms with van der Waals surface area (Å²) in [6.07, 6.45) is 3.27. The summed E-state index contributed by atoms with van der Waals surface area (Å²) in [5.41, 5.74) is 5.60. The molecule has 0 bridgehead atoms. The Morgan fingerprint density at radius 1 is 1.50 bits per heavy atom. The molecule has 0 heterocycles. The van der Waals surface area contributed by atoms with Crippen molar-refractivity contribution in [1.29, 1.82) is 0 Å². The van der Waals surface area contributed by atoms with Crippen LogP contribution in [-0.2, 0) is 9.59 Å². The lowest BCUT2D eigenvalue weighted by Crippen LogP contribution is -2.44. The van der Waals surface area contributed by atoms with Crippen LogP contribution in [0.15, 0.2) is 0 Å². The molecule has 0 aromatic rings. The van der Waals surface area contributed by atoms with Crippen molar-refractivity contribution in [2.75, 3.05) is 0 Å². The zero-order valence-corrected chi connectivity index (χ0v) is 9.61. The van der Waals surface area contributed by atoms with Crippen molar-refractivity contribution < 1.29 is 14.7 Å². The summed E-state index contributed by atoms with van der Waals surface area (Å²) in [4.78, 5) is 21.9. The molecule has 92 valence electrons. The Bertz CT molecular complexity index is 268. The minimum absolute atomic E-state index is 0.0599. The first-order valence-electron chi connectivity index (χ1n) is 5.76. The molecule has 1 saturated carbocycles. The second-order valence-corrected chi connectivity index (χ2v) is 4.66. The van der Waals surface area contributed by atoms with E-state index in [-0.39, 0.29) is 24.8 Å². The number of carboxylic acid groups (broad SMARTS) is 1. The predicted molar refractivity (Wildman–Crippen MR) is 59.8 cm³/mol. The van der Waals surface area contributed by atoms with Crippen LogP contribution in [0.4, 0.5) is 0 Å². The number of amides is 1. The van der Waals surface area contributed by atoms with Crippen LogP contribution >= 0.6 is 0 Å². The van der Waals surface area contributed by atoms with Crippen LogP contribution in [0.3, 0.4) is 0 Å². The van der Waals surface area contributed by atoms with Gasteiger partial charge in [-0.1, -0.05) is 6.92 Å². The van der Waals surface area contributed by atoms with Crippen molar-refractivity contribution in [2.45, 2.75) is 51.1 Å². The molecule has 4 N–H and O–H groups in total. The molecule has 1 rings (SSSR count). The number of hydrogen-bond donors (Lipinski definition) is 3. The standard InChI is InChI=1S/C11H20N2O3/c1-7-2-3-8(6-7)13-11(16)9(12)4-5-10(14)15/h7-9H,2-6,12H2,1H3,(H,13,16)(H,14,15). The SMILES string of the molecule is CC1CCC(NC(=O)C(N)CCC(=O)O)C1. The number of aliphatic carboxylic acids is 1. The minimum Gasteiger partial charge on any atom is -0.481 e. The van der Waals surface area contributed by atoms with Crippen molar-refractivity contribution in [3.05, 3.63) is 0 Å². The molecule has 3 atom stereocenters. The molecule has 3 unspecified atom stereocenters. The predicted octanol–water partition coefficient (Wildman–Crippen LogP) is 0.483. The van der Waals surface area contributed by atoms with Crippen molar-refractivity contribution in [1.82, 2.24) is 5.32 Å². The van der Waals surface area contributed by atoms with Crippen LogP contribution < -0.4 is 11.1 Å². The number of carbonyl (C=O) groups is 2. The van der Waals surface area contributed by atoms with E-state index in [2.05, 4.69) is 12.2 Å². The van der Waals surface area contributed by atoms with Crippen LogP contribution in [-0.4, -0.2) is 29.1 Å². The Labute approximate surface area is 95.4 Å². The molecule has 1 fully saturated rings. The van der Waals surface area contributed by atoms with E-state index in [1.54, 1.807) is 0 Å². The number of rotatable bonds is 5. The van der Waals surface area contributed by atoms with Gasteiger partial charge in [-0.05, 0) is 31.6 Å². The molecule has 0 aliphatic heterocycles. The first-order chi connectivity index (χ1) is 7.49. The van der Waals surface area contributed by atoms with E-state index in [1.165, 1.54) is 0 Å². The molecule has 1 aliphatic rings. The zero-order valence-electron chi connectivity index (χ0n) is 9.61. The van der Waals surface area contributed by atoms with Gasteiger partial charge >= 0.3 is 5.97 Å². The highest BCUT2D eigenvalue weighted by Crippen LogP contribution is 2.24. The highest BCUT2D eigenvalue weighted by molar-refractivity contribution is 5.82. The van der Waals surface area contributed by atoms with Crippen molar-refractivity contribution >= 4 is 11.9 Å². The first-order valence-corrected chi connectivity index (χ1v) is 5.76. The molecule has 0 aromatic heterocycles. The van der Waals surface area contributed by atoms with Crippen LogP contribution in [0, 0.1) is 5.92 Å². The molecular formula is C11H20N2O3. The first kappa shape index (κ1) is 13.0. The maximum Gasteiger partial charge on any atom is 0.303 e. The van der Waals surface area contributed by atoms with E-state index in [0.29, 0.717) is 5.92 Å². The van der Waals surface area contributed by atoms with Gasteiger partial charge in [0.1, 0.15) is 0 Å². The van der Waals surface area contributed by atoms with Gasteiger partial charge in [0, 0.05) is 12.5 Å². The van der Waals surface area contributed by atoms with Crippen molar-refractivity contribution in [2.24, 2.45) is 11.7 Å². The van der Waals surface area contributed by atoms with Crippen LogP contribution in [0.1, 0.15) is 39.0 Å². The third-order valence-electron chi connectivity index (χ3n) is 3.05. The molecule has 0 radical (unpaired) electrons. The lowest BCUT2D eigenvalue weighted by atomic mass is 10.1. The summed E-state index contributed by atoms with van der Waals surface area (Å²) in [5.74, 6) is -0.487. The van der Waals surface area contributed by atoms with E-state index >= 15 is 0 Å². The molecule has 0 saturated heterocycles. The second kappa shape index (κ2) is 5.84. The van der Waals surface area contributed by atoms with Gasteiger partial charge in [-0.25, -0.2) is 0 Å². The molecule has 0 spiro atoms. The van der Waals surface area contributed by atoms with E-state index in [0.717, 1.165) is 19.3 Å². The highest BCUT2D eigenvalue weighted by Gasteiger charge is 2.24. The zero-order chi connectivity index (χ0) is 12.1. The maximum absolute atomic E-state index is 11.6. The fraction of sp³-hybridized carbons (Fsp3) is 0.818. The summed E-state index contributed by atoms with van der Waals surface area (Å²) in [7, 11) is 0. The summed E-state index contributed by atoms with van der Waals surface area (Å²) < 4.78 is 0. The summed E-state index contributed by atoms with van der Waals surface area (Å²) in [6, 6.07) is -0.481. The smallest absolute Gasteiger partial charge is 0.303 e. The fourth-order valence-corrected chi connectivity index (χ4v) is 2.06. The number of nitrogens with two attached hydrogens (primary N) is 1. The lowest BCUT2D eigenvalue weighted by Gasteiger charge is -2.16. The normalized spacial score (nSPS) is 26.4. The second-order valence-electron chi connectivity index (χ2n) is 4.66. The quantitative estimate of drug-likeness (QED) is 0.638. The van der Waals surface area contributed by atoms with Gasteiger partial charge < -0.3 is 16.2 Å². The third kappa shape index (κ3) is 4.18. The van der Waals surface area contributed by atoms with E-state index in [1.807, 2.05) is 0 Å². The lowest BCUT2D eigenvalue weighted by molar-refractivity contribution is -0.137. The number of hydrogen-bond acceptors (Lipinski definition) is 3. The van der Waals surface area contributed by atoms with Gasteiger partial charge in [-0.2, -0.15) is 0 Å². The monoisotopic (exact) mass is 228 g/mol. The molecule has 0 aromatic carbocycles. The van der Waals surface area contributed by atoms with Crippen LogP contribution in [0.25, 0.3) is 0 Å². The topological polar surface area (TPSA) is 92.4 Å². The summed E-state index contributed by atoms with van der Waals surface area (Å²) >= 11 is 0. The van der Waals surface area contributed by atoms with E-state index in [9.17, 15) is 9.59 Å². The summed E-state index contributed by atoms with van der Waals surface area (Å²) in [6.45, 7) is 2.16. The van der Waals surface area contributed by atoms with E-state index in [4.69, 9.17) is 10.8 Å². The van der Waals surface area contributed by atoms with Crippen molar-refractivity contribution in [3.8, 4) is 0 Å². The van der Waals surface area contributed by atoms with Gasteiger partial charge in [0.05, 0.1) is 6.04 Å². The van der Waals surface area contributed by atoms with E-state index < -0.39 is 12.0 Å². The molecule has 1 amide bonds. The highest BCUT2D eigenvalue weighted by atomic mass is 16.4. The Morgan fingerprint density at radius 3 is 2.69 bits per heavy atom. The van der Waals surface area contributed by atoms with Gasteiger partial charge in [-0.15, -0.1) is 0 Å². The maximum atomic E-state index is 11.6. The fourth-order valence-electron chi connectivity index (χ4n) is 2.06. The Hall–Kier alpha value is -1.10. The van der Waals surface area contributed by atoms with Crippen LogP contribution in [0.2, 0.25) is 0 Å². The Kier molecular flexibility index (Phi) is 4.73. The average molecular weight is 228 g/mol. The number of nitrogens with one attached hydrogen (secondary N) is 1. The molecule has 5 nitrogen and oxygen atoms in total. The van der Waals surface area contributed by atoms with Crippen LogP contribution in [0.5, 0.6) is 0 Å². The molecule has 16 heavy (non-hydrogen) atoms. The average Bonchev–Trinajstić information content (AvgIpc) is 2.60.